The van der Waals surface area contributed by atoms with Gasteiger partial charge in [-0.1, -0.05) is 0 Å². The molecule has 0 radical (unpaired) electrons. The van der Waals surface area contributed by atoms with Gasteiger partial charge in [-0.3, -0.25) is 4.79 Å². The quantitative estimate of drug-likeness (QED) is 0.870. The van der Waals surface area contributed by atoms with E-state index in [0.29, 0.717) is 23.8 Å². The highest BCUT2D eigenvalue weighted by Gasteiger charge is 2.32. The van der Waals surface area contributed by atoms with Crippen molar-refractivity contribution < 1.29 is 14.3 Å². The first-order chi connectivity index (χ1) is 11.7. The van der Waals surface area contributed by atoms with Gasteiger partial charge in [-0.05, 0) is 31.9 Å². The Morgan fingerprint density at radius 2 is 2.33 bits per heavy atom. The number of hydrogen-bond acceptors (Lipinski definition) is 6. The molecule has 2 aromatic rings. The monoisotopic (exact) mass is 347 g/mol. The van der Waals surface area contributed by atoms with Crippen LogP contribution in [0.25, 0.3) is 0 Å². The Balaban J connectivity index is 1.73. The molecule has 1 aromatic heterocycles. The average Bonchev–Trinajstić information content (AvgIpc) is 3.26. The van der Waals surface area contributed by atoms with E-state index in [1.165, 1.54) is 0 Å². The summed E-state index contributed by atoms with van der Waals surface area (Å²) in [4.78, 5) is 19.1. The number of hydrogen-bond donors (Lipinski definition) is 1. The van der Waals surface area contributed by atoms with Gasteiger partial charge in [-0.2, -0.15) is 0 Å². The molecule has 0 spiro atoms. The molecule has 1 aliphatic rings. The van der Waals surface area contributed by atoms with Gasteiger partial charge in [-0.25, -0.2) is 4.98 Å². The number of carbonyl (C=O) groups excluding carboxylic acids is 1. The second kappa shape index (κ2) is 7.53. The summed E-state index contributed by atoms with van der Waals surface area (Å²) in [5, 5.41) is 5.82. The number of nitrogens with zero attached hydrogens (tertiary/aromatic N) is 2. The van der Waals surface area contributed by atoms with Crippen LogP contribution < -0.4 is 19.7 Å². The molecule has 1 atom stereocenters. The first-order valence-corrected chi connectivity index (χ1v) is 8.88. The van der Waals surface area contributed by atoms with Crippen LogP contribution in [0, 0.1) is 0 Å². The molecule has 3 rings (SSSR count). The van der Waals surface area contributed by atoms with Crippen molar-refractivity contribution in [3.05, 3.63) is 29.8 Å². The van der Waals surface area contributed by atoms with Crippen LogP contribution >= 0.6 is 11.3 Å². The summed E-state index contributed by atoms with van der Waals surface area (Å²) in [6.45, 7) is 3.31. The van der Waals surface area contributed by atoms with Crippen molar-refractivity contribution in [2.24, 2.45) is 0 Å². The fourth-order valence-corrected chi connectivity index (χ4v) is 3.59. The predicted octanol–water partition coefficient (Wildman–Crippen LogP) is 3.16. The first-order valence-electron chi connectivity index (χ1n) is 8.00. The maximum atomic E-state index is 12.7. The van der Waals surface area contributed by atoms with E-state index in [1.807, 2.05) is 18.4 Å². The Hall–Kier alpha value is -2.28. The van der Waals surface area contributed by atoms with E-state index in [-0.39, 0.29) is 11.9 Å². The van der Waals surface area contributed by atoms with Gasteiger partial charge in [0.15, 0.2) is 16.6 Å². The van der Waals surface area contributed by atoms with Crippen molar-refractivity contribution in [3.8, 4) is 11.5 Å². The molecule has 24 heavy (non-hydrogen) atoms. The molecule has 6 nitrogen and oxygen atoms in total. The van der Waals surface area contributed by atoms with Crippen LogP contribution in [0.2, 0.25) is 0 Å². The number of aromatic nitrogens is 1. The predicted molar refractivity (Wildman–Crippen MR) is 95.3 cm³/mol. The molecule has 1 aliphatic heterocycles. The van der Waals surface area contributed by atoms with Gasteiger partial charge in [0, 0.05) is 29.9 Å². The van der Waals surface area contributed by atoms with E-state index in [4.69, 9.17) is 9.47 Å². The van der Waals surface area contributed by atoms with E-state index < -0.39 is 0 Å². The number of amides is 1. The molecule has 1 fully saturated rings. The molecule has 1 amide bonds. The lowest BCUT2D eigenvalue weighted by Gasteiger charge is -2.23. The Morgan fingerprint density at radius 3 is 3.04 bits per heavy atom. The van der Waals surface area contributed by atoms with Gasteiger partial charge in [0.2, 0.25) is 5.91 Å². The molecule has 1 unspecified atom stereocenters. The number of rotatable bonds is 6. The fourth-order valence-electron chi connectivity index (χ4n) is 2.87. The fraction of sp³-hybridized carbons (Fsp3) is 0.412. The molecule has 7 heteroatoms. The number of methoxy groups -OCH3 is 1. The largest absolute Gasteiger partial charge is 0.493 e. The van der Waals surface area contributed by atoms with E-state index in [2.05, 4.69) is 15.2 Å². The Labute approximate surface area is 145 Å². The van der Waals surface area contributed by atoms with Gasteiger partial charge >= 0.3 is 0 Å². The highest BCUT2D eigenvalue weighted by Crippen LogP contribution is 2.31. The normalized spacial score (nSPS) is 16.9. The number of carbonyl (C=O) groups is 1. The van der Waals surface area contributed by atoms with Crippen molar-refractivity contribution in [3.63, 3.8) is 0 Å². The summed E-state index contributed by atoms with van der Waals surface area (Å²) in [6, 6.07) is 5.23. The standard InChI is InChI=1S/C17H21N3O3S/c1-3-23-15-11-12(6-7-14(15)22-2)19-16(21)13-5-4-9-20(13)17-18-8-10-24-17/h6-8,10-11,13H,3-5,9H2,1-2H3,(H,19,21). The highest BCUT2D eigenvalue weighted by molar-refractivity contribution is 7.13. The van der Waals surface area contributed by atoms with E-state index >= 15 is 0 Å². The average molecular weight is 347 g/mol. The Morgan fingerprint density at radius 1 is 1.46 bits per heavy atom. The maximum absolute atomic E-state index is 12.7. The first kappa shape index (κ1) is 16.6. The minimum Gasteiger partial charge on any atom is -0.493 e. The number of ether oxygens (including phenoxy) is 2. The second-order valence-electron chi connectivity index (χ2n) is 5.45. The van der Waals surface area contributed by atoms with Crippen molar-refractivity contribution in [2.75, 3.05) is 30.5 Å². The number of anilines is 2. The molecule has 1 saturated heterocycles. The lowest BCUT2D eigenvalue weighted by molar-refractivity contribution is -0.117. The van der Waals surface area contributed by atoms with Gasteiger partial charge in [0.25, 0.3) is 0 Å². The number of benzene rings is 1. The van der Waals surface area contributed by atoms with Gasteiger partial charge in [0.1, 0.15) is 6.04 Å². The third-order valence-corrected chi connectivity index (χ3v) is 4.76. The Bertz CT molecular complexity index is 690. The van der Waals surface area contributed by atoms with Crippen LogP contribution in [0.4, 0.5) is 10.8 Å². The smallest absolute Gasteiger partial charge is 0.247 e. The third kappa shape index (κ3) is 3.46. The zero-order valence-electron chi connectivity index (χ0n) is 13.8. The van der Waals surface area contributed by atoms with Crippen molar-refractivity contribution in [1.29, 1.82) is 0 Å². The minimum absolute atomic E-state index is 0.0182. The van der Waals surface area contributed by atoms with Gasteiger partial charge in [-0.15, -0.1) is 11.3 Å². The Kier molecular flexibility index (Phi) is 5.20. The summed E-state index contributed by atoms with van der Waals surface area (Å²) in [7, 11) is 1.60. The van der Waals surface area contributed by atoms with Crippen LogP contribution in [0.5, 0.6) is 11.5 Å². The molecule has 1 aromatic carbocycles. The number of nitrogens with one attached hydrogen (secondary N) is 1. The van der Waals surface area contributed by atoms with E-state index in [1.54, 1.807) is 36.8 Å². The van der Waals surface area contributed by atoms with Crippen LogP contribution in [-0.4, -0.2) is 37.2 Å². The van der Waals surface area contributed by atoms with E-state index in [9.17, 15) is 4.79 Å². The van der Waals surface area contributed by atoms with Crippen LogP contribution in [-0.2, 0) is 4.79 Å². The third-order valence-electron chi connectivity index (χ3n) is 3.95. The zero-order valence-corrected chi connectivity index (χ0v) is 14.6. The van der Waals surface area contributed by atoms with Crippen molar-refractivity contribution in [1.82, 2.24) is 4.98 Å². The second-order valence-corrected chi connectivity index (χ2v) is 6.33. The summed E-state index contributed by atoms with van der Waals surface area (Å²) < 4.78 is 10.8. The van der Waals surface area contributed by atoms with Crippen molar-refractivity contribution >= 4 is 28.1 Å². The maximum Gasteiger partial charge on any atom is 0.247 e. The summed E-state index contributed by atoms with van der Waals surface area (Å²) in [5.41, 5.74) is 0.704. The molecule has 0 saturated carbocycles. The topological polar surface area (TPSA) is 63.7 Å². The molecular weight excluding hydrogens is 326 g/mol. The van der Waals surface area contributed by atoms with Crippen LogP contribution in [0.15, 0.2) is 29.8 Å². The molecular formula is C17H21N3O3S. The van der Waals surface area contributed by atoms with Gasteiger partial charge < -0.3 is 19.7 Å². The summed E-state index contributed by atoms with van der Waals surface area (Å²) in [5.74, 6) is 1.26. The zero-order chi connectivity index (χ0) is 16.9. The molecule has 1 N–H and O–H groups in total. The minimum atomic E-state index is -0.186. The van der Waals surface area contributed by atoms with Crippen LogP contribution in [0.3, 0.4) is 0 Å². The SMILES string of the molecule is CCOc1cc(NC(=O)C2CCCN2c2nccs2)ccc1OC. The molecule has 0 aliphatic carbocycles. The molecule has 128 valence electrons. The lowest BCUT2D eigenvalue weighted by Crippen LogP contribution is -2.39. The highest BCUT2D eigenvalue weighted by atomic mass is 32.1. The number of thiazole rings is 1. The van der Waals surface area contributed by atoms with E-state index in [0.717, 1.165) is 24.5 Å². The van der Waals surface area contributed by atoms with Crippen LogP contribution in [0.1, 0.15) is 19.8 Å². The van der Waals surface area contributed by atoms with Gasteiger partial charge in [0.05, 0.1) is 13.7 Å². The van der Waals surface area contributed by atoms with Crippen molar-refractivity contribution in [2.45, 2.75) is 25.8 Å². The lowest BCUT2D eigenvalue weighted by atomic mass is 10.2. The molecule has 0 bridgehead atoms. The summed E-state index contributed by atoms with van der Waals surface area (Å²) >= 11 is 1.56. The molecule has 2 heterocycles. The summed E-state index contributed by atoms with van der Waals surface area (Å²) in [6.07, 6.45) is 3.59.